The van der Waals surface area contributed by atoms with Crippen molar-refractivity contribution in [2.45, 2.75) is 19.1 Å². The van der Waals surface area contributed by atoms with E-state index >= 15 is 0 Å². The van der Waals surface area contributed by atoms with Crippen molar-refractivity contribution < 1.29 is 14.2 Å². The molecule has 0 spiro atoms. The number of nitrogens with one attached hydrogen (secondary N) is 1. The molecular formula is C19H22ClFN2O2. The monoisotopic (exact) mass is 364 g/mol. The first-order valence-electron chi connectivity index (χ1n) is 8.38. The van der Waals surface area contributed by atoms with Crippen LogP contribution in [0.5, 0.6) is 5.75 Å². The van der Waals surface area contributed by atoms with Crippen LogP contribution in [0.3, 0.4) is 0 Å². The third-order valence-electron chi connectivity index (χ3n) is 4.22. The largest absolute Gasteiger partial charge is 0.491 e. The highest BCUT2D eigenvalue weighted by atomic mass is 35.5. The van der Waals surface area contributed by atoms with E-state index in [2.05, 4.69) is 10.2 Å². The Kier molecular flexibility index (Phi) is 5.78. The van der Waals surface area contributed by atoms with Gasteiger partial charge in [0.25, 0.3) is 0 Å². The molecule has 2 atom stereocenters. The van der Waals surface area contributed by atoms with Crippen molar-refractivity contribution in [2.24, 2.45) is 0 Å². The van der Waals surface area contributed by atoms with Crippen molar-refractivity contribution in [3.8, 4) is 5.75 Å². The van der Waals surface area contributed by atoms with Gasteiger partial charge in [-0.15, -0.1) is 0 Å². The molecule has 25 heavy (non-hydrogen) atoms. The molecule has 2 aromatic carbocycles. The summed E-state index contributed by atoms with van der Waals surface area (Å²) in [6, 6.07) is 12.2. The summed E-state index contributed by atoms with van der Waals surface area (Å²) >= 11 is 6.49. The number of aliphatic hydroxyl groups excluding tert-OH is 1. The quantitative estimate of drug-likeness (QED) is 0.853. The number of hydrogen-bond donors (Lipinski definition) is 2. The predicted octanol–water partition coefficient (Wildman–Crippen LogP) is 3.39. The molecule has 0 bridgehead atoms. The van der Waals surface area contributed by atoms with Gasteiger partial charge >= 0.3 is 0 Å². The van der Waals surface area contributed by atoms with Crippen LogP contribution in [0.1, 0.15) is 18.5 Å². The lowest BCUT2D eigenvalue weighted by Gasteiger charge is -2.38. The maximum absolute atomic E-state index is 13.2. The first-order valence-corrected chi connectivity index (χ1v) is 8.75. The Balaban J connectivity index is 1.83. The molecule has 3 rings (SSSR count). The Hall–Kier alpha value is -1.82. The summed E-state index contributed by atoms with van der Waals surface area (Å²) in [7, 11) is 0. The fourth-order valence-corrected chi connectivity index (χ4v) is 3.28. The van der Waals surface area contributed by atoms with Gasteiger partial charge in [-0.1, -0.05) is 23.7 Å². The number of rotatable bonds is 5. The van der Waals surface area contributed by atoms with E-state index in [9.17, 15) is 9.50 Å². The second-order valence-electron chi connectivity index (χ2n) is 6.24. The predicted molar refractivity (Wildman–Crippen MR) is 98.0 cm³/mol. The molecule has 2 N–H and O–H groups in total. The van der Waals surface area contributed by atoms with Gasteiger partial charge in [-0.3, -0.25) is 0 Å². The number of nitrogens with zero attached hydrogens (tertiary/aromatic N) is 1. The van der Waals surface area contributed by atoms with Crippen LogP contribution >= 0.6 is 11.6 Å². The Labute approximate surface area is 152 Å². The zero-order valence-corrected chi connectivity index (χ0v) is 14.8. The van der Waals surface area contributed by atoms with Crippen molar-refractivity contribution >= 4 is 17.3 Å². The van der Waals surface area contributed by atoms with Crippen LogP contribution in [-0.2, 0) is 0 Å². The number of ether oxygens (including phenoxy) is 1. The van der Waals surface area contributed by atoms with Crippen molar-refractivity contribution in [1.82, 2.24) is 5.32 Å². The third kappa shape index (κ3) is 4.42. The number of piperazine rings is 1. The molecule has 1 saturated heterocycles. The topological polar surface area (TPSA) is 44.7 Å². The van der Waals surface area contributed by atoms with Gasteiger partial charge in [0, 0.05) is 25.7 Å². The summed E-state index contributed by atoms with van der Waals surface area (Å²) in [5.74, 6) is 0.389. The SMILES string of the molecule is C[C@@H](O)COc1ccc(N2CCNC[C@H]2c2ccc(F)cc2)c(Cl)c1. The zero-order valence-electron chi connectivity index (χ0n) is 14.1. The number of halogens is 2. The van der Waals surface area contributed by atoms with E-state index < -0.39 is 6.10 Å². The van der Waals surface area contributed by atoms with E-state index in [0.29, 0.717) is 10.8 Å². The van der Waals surface area contributed by atoms with Crippen LogP contribution in [0.25, 0.3) is 0 Å². The van der Waals surface area contributed by atoms with Crippen molar-refractivity contribution in [3.05, 3.63) is 58.9 Å². The Morgan fingerprint density at radius 1 is 1.32 bits per heavy atom. The maximum atomic E-state index is 13.2. The van der Waals surface area contributed by atoms with Gasteiger partial charge in [0.05, 0.1) is 22.9 Å². The molecule has 1 fully saturated rings. The molecule has 1 aliphatic heterocycles. The fourth-order valence-electron chi connectivity index (χ4n) is 3.00. The Bertz CT molecular complexity index is 709. The minimum Gasteiger partial charge on any atom is -0.491 e. The lowest BCUT2D eigenvalue weighted by atomic mass is 10.0. The summed E-state index contributed by atoms with van der Waals surface area (Å²) in [6.07, 6.45) is -0.533. The maximum Gasteiger partial charge on any atom is 0.123 e. The van der Waals surface area contributed by atoms with Gasteiger partial charge in [-0.25, -0.2) is 4.39 Å². The standard InChI is InChI=1S/C19H22ClFN2O2/c1-13(24)12-25-16-6-7-18(17(20)10-16)23-9-8-22-11-19(23)14-2-4-15(21)5-3-14/h2-7,10,13,19,22,24H,8-9,11-12H2,1H3/t13-,19+/m1/s1. The summed E-state index contributed by atoms with van der Waals surface area (Å²) in [6.45, 7) is 4.32. The molecule has 0 aromatic heterocycles. The van der Waals surface area contributed by atoms with E-state index in [1.54, 1.807) is 13.0 Å². The van der Waals surface area contributed by atoms with Gasteiger partial charge in [0.2, 0.25) is 0 Å². The van der Waals surface area contributed by atoms with Crippen molar-refractivity contribution in [2.75, 3.05) is 31.1 Å². The molecule has 4 nitrogen and oxygen atoms in total. The van der Waals surface area contributed by atoms with Crippen LogP contribution in [0, 0.1) is 5.82 Å². The van der Waals surface area contributed by atoms with E-state index in [0.717, 1.165) is 30.9 Å². The van der Waals surface area contributed by atoms with Crippen LogP contribution in [-0.4, -0.2) is 37.5 Å². The third-order valence-corrected chi connectivity index (χ3v) is 4.52. The highest BCUT2D eigenvalue weighted by Crippen LogP contribution is 2.35. The Morgan fingerprint density at radius 2 is 2.08 bits per heavy atom. The van der Waals surface area contributed by atoms with Crippen LogP contribution < -0.4 is 15.0 Å². The number of hydrogen-bond acceptors (Lipinski definition) is 4. The molecule has 134 valence electrons. The number of benzene rings is 2. The molecule has 1 aliphatic rings. The highest BCUT2D eigenvalue weighted by Gasteiger charge is 2.25. The molecule has 1 heterocycles. The summed E-state index contributed by atoms with van der Waals surface area (Å²) in [5, 5.41) is 13.3. The fraction of sp³-hybridized carbons (Fsp3) is 0.368. The van der Waals surface area contributed by atoms with Gasteiger partial charge in [-0.05, 0) is 36.8 Å². The van der Waals surface area contributed by atoms with Gasteiger partial charge in [-0.2, -0.15) is 0 Å². The number of anilines is 1. The van der Waals surface area contributed by atoms with E-state index in [1.807, 2.05) is 24.3 Å². The molecule has 6 heteroatoms. The van der Waals surface area contributed by atoms with Gasteiger partial charge in [0.1, 0.15) is 18.2 Å². The van der Waals surface area contributed by atoms with Crippen LogP contribution in [0.4, 0.5) is 10.1 Å². The second-order valence-corrected chi connectivity index (χ2v) is 6.65. The smallest absolute Gasteiger partial charge is 0.123 e. The van der Waals surface area contributed by atoms with E-state index in [-0.39, 0.29) is 18.5 Å². The average Bonchev–Trinajstić information content (AvgIpc) is 2.61. The molecule has 2 aromatic rings. The first kappa shape index (κ1) is 18.0. The minimum atomic E-state index is -0.533. The lowest BCUT2D eigenvalue weighted by molar-refractivity contribution is 0.123. The molecule has 0 aliphatic carbocycles. The minimum absolute atomic E-state index is 0.0797. The lowest BCUT2D eigenvalue weighted by Crippen LogP contribution is -2.46. The summed E-state index contributed by atoms with van der Waals surface area (Å²) in [5.41, 5.74) is 1.96. The highest BCUT2D eigenvalue weighted by molar-refractivity contribution is 6.33. The average molecular weight is 365 g/mol. The molecule has 0 amide bonds. The van der Waals surface area contributed by atoms with Crippen LogP contribution in [0.2, 0.25) is 5.02 Å². The summed E-state index contributed by atoms with van der Waals surface area (Å²) < 4.78 is 18.7. The van der Waals surface area contributed by atoms with E-state index in [4.69, 9.17) is 16.3 Å². The molecule has 0 radical (unpaired) electrons. The van der Waals surface area contributed by atoms with Crippen molar-refractivity contribution in [1.29, 1.82) is 0 Å². The molecule has 0 unspecified atom stereocenters. The van der Waals surface area contributed by atoms with E-state index in [1.165, 1.54) is 12.1 Å². The first-order chi connectivity index (χ1) is 12.0. The number of aliphatic hydroxyl groups is 1. The molecule has 0 saturated carbocycles. The molecular weight excluding hydrogens is 343 g/mol. The van der Waals surface area contributed by atoms with Gasteiger partial charge in [0.15, 0.2) is 0 Å². The second kappa shape index (κ2) is 8.04. The van der Waals surface area contributed by atoms with Gasteiger partial charge < -0.3 is 20.1 Å². The van der Waals surface area contributed by atoms with Crippen LogP contribution in [0.15, 0.2) is 42.5 Å². The summed E-state index contributed by atoms with van der Waals surface area (Å²) in [4.78, 5) is 2.23. The Morgan fingerprint density at radius 3 is 2.76 bits per heavy atom. The van der Waals surface area contributed by atoms with Crippen molar-refractivity contribution in [3.63, 3.8) is 0 Å². The zero-order chi connectivity index (χ0) is 17.8. The normalized spacial score (nSPS) is 18.9.